The van der Waals surface area contributed by atoms with E-state index in [0.717, 1.165) is 5.56 Å². The zero-order chi connectivity index (χ0) is 24.1. The molecule has 0 aliphatic rings. The number of pyridine rings is 1. The van der Waals surface area contributed by atoms with Crippen molar-refractivity contribution in [3.8, 4) is 11.5 Å². The van der Waals surface area contributed by atoms with Crippen LogP contribution in [0.1, 0.15) is 21.5 Å². The van der Waals surface area contributed by atoms with Gasteiger partial charge in [0.1, 0.15) is 11.5 Å². The Morgan fingerprint density at radius 2 is 1.53 bits per heavy atom. The molecule has 1 amide bonds. The number of rotatable bonds is 7. The number of nitrogens with zero attached hydrogens (tertiary/aromatic N) is 1. The van der Waals surface area contributed by atoms with Crippen LogP contribution >= 0.6 is 0 Å². The standard InChI is InChI=1S/C26H23N3O4S/c1-18-6-7-19(2)25(16-18)34(31,32)29-22-5-3-4-20(17-22)26(30)28-21-8-10-23(11-9-21)33-24-12-14-27-15-13-24/h3-17,29H,1-2H3,(H,28,30). The van der Waals surface area contributed by atoms with Crippen molar-refractivity contribution in [2.75, 3.05) is 10.0 Å². The van der Waals surface area contributed by atoms with E-state index in [4.69, 9.17) is 4.74 Å². The minimum absolute atomic E-state index is 0.205. The van der Waals surface area contributed by atoms with Crippen molar-refractivity contribution in [2.24, 2.45) is 0 Å². The summed E-state index contributed by atoms with van der Waals surface area (Å²) in [6.07, 6.45) is 3.28. The monoisotopic (exact) mass is 473 g/mol. The molecule has 0 aliphatic heterocycles. The van der Waals surface area contributed by atoms with Crippen LogP contribution in [0.4, 0.5) is 11.4 Å². The van der Waals surface area contributed by atoms with Gasteiger partial charge in [-0.2, -0.15) is 0 Å². The van der Waals surface area contributed by atoms with Gasteiger partial charge in [-0.15, -0.1) is 0 Å². The third kappa shape index (κ3) is 5.60. The van der Waals surface area contributed by atoms with Gasteiger partial charge in [0.25, 0.3) is 15.9 Å². The number of hydrogen-bond acceptors (Lipinski definition) is 5. The number of carbonyl (C=O) groups excluding carboxylic acids is 1. The third-order valence-corrected chi connectivity index (χ3v) is 6.53. The fraction of sp³-hybridized carbons (Fsp3) is 0.0769. The topological polar surface area (TPSA) is 97.4 Å². The summed E-state index contributed by atoms with van der Waals surface area (Å²) in [6.45, 7) is 3.58. The molecule has 0 fully saturated rings. The molecule has 8 heteroatoms. The van der Waals surface area contributed by atoms with Crippen LogP contribution in [0.2, 0.25) is 0 Å². The predicted molar refractivity (Wildman–Crippen MR) is 132 cm³/mol. The van der Waals surface area contributed by atoms with Crippen LogP contribution in [0.25, 0.3) is 0 Å². The molecule has 0 saturated heterocycles. The molecule has 0 aliphatic carbocycles. The van der Waals surface area contributed by atoms with Gasteiger partial charge in [0.2, 0.25) is 0 Å². The van der Waals surface area contributed by atoms with Gasteiger partial charge in [-0.05, 0) is 85.6 Å². The van der Waals surface area contributed by atoms with E-state index in [1.807, 2.05) is 13.0 Å². The molecule has 4 rings (SSSR count). The van der Waals surface area contributed by atoms with Crippen molar-refractivity contribution in [2.45, 2.75) is 18.7 Å². The van der Waals surface area contributed by atoms with Crippen molar-refractivity contribution in [1.29, 1.82) is 0 Å². The van der Waals surface area contributed by atoms with Gasteiger partial charge in [-0.25, -0.2) is 8.42 Å². The first-order chi connectivity index (χ1) is 16.3. The van der Waals surface area contributed by atoms with E-state index in [0.29, 0.717) is 34.0 Å². The number of sulfonamides is 1. The lowest BCUT2D eigenvalue weighted by Crippen LogP contribution is -2.16. The number of anilines is 2. The number of aryl methyl sites for hydroxylation is 2. The Hall–Kier alpha value is -4.17. The first-order valence-corrected chi connectivity index (χ1v) is 12.0. The molecule has 3 aromatic carbocycles. The molecule has 172 valence electrons. The number of ether oxygens (including phenoxy) is 1. The second-order valence-electron chi connectivity index (χ2n) is 7.72. The maximum absolute atomic E-state index is 12.9. The van der Waals surface area contributed by atoms with E-state index in [-0.39, 0.29) is 10.8 Å². The highest BCUT2D eigenvalue weighted by molar-refractivity contribution is 7.92. The minimum atomic E-state index is -3.80. The number of amides is 1. The summed E-state index contributed by atoms with van der Waals surface area (Å²) in [4.78, 5) is 16.9. The zero-order valence-electron chi connectivity index (χ0n) is 18.6. The highest BCUT2D eigenvalue weighted by atomic mass is 32.2. The number of nitrogens with one attached hydrogen (secondary N) is 2. The molecule has 7 nitrogen and oxygen atoms in total. The van der Waals surface area contributed by atoms with Crippen molar-refractivity contribution < 1.29 is 17.9 Å². The molecular weight excluding hydrogens is 450 g/mol. The van der Waals surface area contributed by atoms with Crippen LogP contribution in [0, 0.1) is 13.8 Å². The number of hydrogen-bond donors (Lipinski definition) is 2. The molecule has 1 heterocycles. The quantitative estimate of drug-likeness (QED) is 0.367. The molecular formula is C26H23N3O4S. The largest absolute Gasteiger partial charge is 0.457 e. The highest BCUT2D eigenvalue weighted by Gasteiger charge is 2.18. The van der Waals surface area contributed by atoms with Crippen LogP contribution in [0.5, 0.6) is 11.5 Å². The van der Waals surface area contributed by atoms with E-state index in [2.05, 4.69) is 15.0 Å². The predicted octanol–water partition coefficient (Wildman–Crippen LogP) is 5.54. The lowest BCUT2D eigenvalue weighted by Gasteiger charge is -2.12. The van der Waals surface area contributed by atoms with Crippen molar-refractivity contribution >= 4 is 27.3 Å². The Kier molecular flexibility index (Phi) is 6.60. The van der Waals surface area contributed by atoms with Crippen LogP contribution in [-0.4, -0.2) is 19.3 Å². The molecule has 2 N–H and O–H groups in total. The highest BCUT2D eigenvalue weighted by Crippen LogP contribution is 2.24. The van der Waals surface area contributed by atoms with Crippen molar-refractivity contribution in [3.63, 3.8) is 0 Å². The van der Waals surface area contributed by atoms with Gasteiger partial charge >= 0.3 is 0 Å². The molecule has 34 heavy (non-hydrogen) atoms. The summed E-state index contributed by atoms with van der Waals surface area (Å²) < 4.78 is 34.0. The maximum atomic E-state index is 12.9. The van der Waals surface area contributed by atoms with Crippen molar-refractivity contribution in [1.82, 2.24) is 4.98 Å². The zero-order valence-corrected chi connectivity index (χ0v) is 19.5. The summed E-state index contributed by atoms with van der Waals surface area (Å²) in [7, 11) is -3.80. The summed E-state index contributed by atoms with van der Waals surface area (Å²) in [6, 6.07) is 22.0. The normalized spacial score (nSPS) is 11.0. The van der Waals surface area contributed by atoms with E-state index in [1.54, 1.807) is 86.0 Å². The second-order valence-corrected chi connectivity index (χ2v) is 9.37. The first kappa shape index (κ1) is 23.0. The van der Waals surface area contributed by atoms with Crippen LogP contribution < -0.4 is 14.8 Å². The third-order valence-electron chi connectivity index (χ3n) is 5.01. The average Bonchev–Trinajstić information content (AvgIpc) is 2.82. The Balaban J connectivity index is 1.45. The van der Waals surface area contributed by atoms with Gasteiger partial charge in [0.15, 0.2) is 0 Å². The van der Waals surface area contributed by atoms with E-state index < -0.39 is 10.0 Å². The van der Waals surface area contributed by atoms with E-state index >= 15 is 0 Å². The molecule has 0 radical (unpaired) electrons. The van der Waals surface area contributed by atoms with Gasteiger partial charge in [-0.1, -0.05) is 18.2 Å². The molecule has 1 aromatic heterocycles. The summed E-state index contributed by atoms with van der Waals surface area (Å²) >= 11 is 0. The van der Waals surface area contributed by atoms with Gasteiger partial charge in [-0.3, -0.25) is 14.5 Å². The molecule has 4 aromatic rings. The van der Waals surface area contributed by atoms with Crippen LogP contribution in [-0.2, 0) is 10.0 Å². The lowest BCUT2D eigenvalue weighted by molar-refractivity contribution is 0.102. The Morgan fingerprint density at radius 1 is 0.824 bits per heavy atom. The lowest BCUT2D eigenvalue weighted by atomic mass is 10.2. The molecule has 0 spiro atoms. The Bertz CT molecular complexity index is 1420. The van der Waals surface area contributed by atoms with E-state index in [1.165, 1.54) is 6.07 Å². The minimum Gasteiger partial charge on any atom is -0.457 e. The van der Waals surface area contributed by atoms with Crippen molar-refractivity contribution in [3.05, 3.63) is 108 Å². The first-order valence-electron chi connectivity index (χ1n) is 10.5. The van der Waals surface area contributed by atoms with Crippen LogP contribution in [0.15, 0.2) is 96.2 Å². The molecule has 0 saturated carbocycles. The summed E-state index contributed by atoms with van der Waals surface area (Å²) in [5, 5.41) is 2.81. The fourth-order valence-electron chi connectivity index (χ4n) is 3.28. The summed E-state index contributed by atoms with van der Waals surface area (Å²) in [5.41, 5.74) is 2.68. The molecule has 0 bridgehead atoms. The second kappa shape index (κ2) is 9.76. The fourth-order valence-corrected chi connectivity index (χ4v) is 4.66. The number of benzene rings is 3. The number of carbonyl (C=O) groups is 1. The summed E-state index contributed by atoms with van der Waals surface area (Å²) in [5.74, 6) is 0.912. The average molecular weight is 474 g/mol. The molecule has 0 unspecified atom stereocenters. The van der Waals surface area contributed by atoms with Gasteiger partial charge in [0.05, 0.1) is 4.90 Å². The smallest absolute Gasteiger partial charge is 0.262 e. The maximum Gasteiger partial charge on any atom is 0.262 e. The number of aromatic nitrogens is 1. The molecule has 0 atom stereocenters. The van der Waals surface area contributed by atoms with Gasteiger partial charge in [0, 0.05) is 29.3 Å². The Morgan fingerprint density at radius 3 is 2.26 bits per heavy atom. The van der Waals surface area contributed by atoms with E-state index in [9.17, 15) is 13.2 Å². The van der Waals surface area contributed by atoms with Gasteiger partial charge < -0.3 is 10.1 Å². The SMILES string of the molecule is Cc1ccc(C)c(S(=O)(=O)Nc2cccc(C(=O)Nc3ccc(Oc4ccncc4)cc3)c2)c1. The Labute approximate surface area is 198 Å². The van der Waals surface area contributed by atoms with Crippen LogP contribution in [0.3, 0.4) is 0 Å².